The van der Waals surface area contributed by atoms with Gasteiger partial charge in [-0.3, -0.25) is 0 Å². The number of rotatable bonds is 6. The molecule has 0 amide bonds. The molecular weight excluding hydrogens is 243 g/mol. The summed E-state index contributed by atoms with van der Waals surface area (Å²) in [6, 6.07) is 3.73. The molecule has 3 nitrogen and oxygen atoms in total. The highest BCUT2D eigenvalue weighted by atomic mass is 19.1. The van der Waals surface area contributed by atoms with E-state index in [0.29, 0.717) is 17.9 Å². The van der Waals surface area contributed by atoms with Crippen LogP contribution in [0.3, 0.4) is 0 Å². The molecule has 2 rings (SSSR count). The summed E-state index contributed by atoms with van der Waals surface area (Å²) in [4.78, 5) is 2.31. The topological polar surface area (TPSA) is 38.5 Å². The van der Waals surface area contributed by atoms with E-state index >= 15 is 0 Å². The lowest BCUT2D eigenvalue weighted by Gasteiger charge is -2.19. The van der Waals surface area contributed by atoms with Gasteiger partial charge in [-0.25, -0.2) is 4.39 Å². The van der Waals surface area contributed by atoms with E-state index in [1.165, 1.54) is 18.9 Å². The van der Waals surface area contributed by atoms with Crippen molar-refractivity contribution in [1.29, 1.82) is 0 Å². The van der Waals surface area contributed by atoms with Gasteiger partial charge < -0.3 is 15.4 Å². The molecule has 106 valence electrons. The van der Waals surface area contributed by atoms with Crippen LogP contribution in [0.15, 0.2) is 12.1 Å². The van der Waals surface area contributed by atoms with Crippen LogP contribution in [-0.4, -0.2) is 31.1 Å². The van der Waals surface area contributed by atoms with Crippen LogP contribution < -0.4 is 10.5 Å². The van der Waals surface area contributed by atoms with E-state index in [2.05, 4.69) is 11.9 Å². The first-order valence-electron chi connectivity index (χ1n) is 6.87. The van der Waals surface area contributed by atoms with Crippen LogP contribution in [0.1, 0.15) is 36.9 Å². The van der Waals surface area contributed by atoms with Crippen molar-refractivity contribution in [2.45, 2.75) is 38.8 Å². The number of hydrogen-bond donors (Lipinski definition) is 1. The highest BCUT2D eigenvalue weighted by molar-refractivity contribution is 5.39. The van der Waals surface area contributed by atoms with Crippen LogP contribution in [-0.2, 0) is 0 Å². The lowest BCUT2D eigenvalue weighted by molar-refractivity contribution is 0.230. The number of likely N-dealkylation sites (N-methyl/N-ethyl adjacent to an activating group) is 1. The summed E-state index contributed by atoms with van der Waals surface area (Å²) >= 11 is 0. The van der Waals surface area contributed by atoms with Gasteiger partial charge in [0, 0.05) is 24.2 Å². The van der Waals surface area contributed by atoms with Crippen LogP contribution in [0.5, 0.6) is 5.75 Å². The standard InChI is InChI=1S/C15H23FN2O/c1-10-8-15(13(11(2)17)9-14(10)16)19-7-6-18(3)12-4-5-12/h8-9,11-12H,4-7,17H2,1-3H3/t11-/m0/s1. The van der Waals surface area contributed by atoms with Gasteiger partial charge in [0.2, 0.25) is 0 Å². The Balaban J connectivity index is 1.99. The van der Waals surface area contributed by atoms with E-state index < -0.39 is 0 Å². The van der Waals surface area contributed by atoms with Crippen LogP contribution >= 0.6 is 0 Å². The van der Waals surface area contributed by atoms with Gasteiger partial charge in [-0.1, -0.05) is 0 Å². The second-order valence-electron chi connectivity index (χ2n) is 5.49. The van der Waals surface area contributed by atoms with E-state index in [0.717, 1.165) is 18.2 Å². The van der Waals surface area contributed by atoms with Gasteiger partial charge in [0.05, 0.1) is 0 Å². The van der Waals surface area contributed by atoms with Crippen LogP contribution in [0.2, 0.25) is 0 Å². The fraction of sp³-hybridized carbons (Fsp3) is 0.600. The van der Waals surface area contributed by atoms with Crippen molar-refractivity contribution in [3.05, 3.63) is 29.1 Å². The molecule has 1 aliphatic rings. The van der Waals surface area contributed by atoms with E-state index in [1.807, 2.05) is 6.92 Å². The van der Waals surface area contributed by atoms with Gasteiger partial charge in [0.15, 0.2) is 0 Å². The highest BCUT2D eigenvalue weighted by Crippen LogP contribution is 2.28. The third-order valence-electron chi connectivity index (χ3n) is 3.65. The lowest BCUT2D eigenvalue weighted by atomic mass is 10.1. The Morgan fingerprint density at radius 1 is 1.47 bits per heavy atom. The molecule has 0 aromatic heterocycles. The molecule has 0 unspecified atom stereocenters. The summed E-state index contributed by atoms with van der Waals surface area (Å²) in [5.41, 5.74) is 7.19. The van der Waals surface area contributed by atoms with Crippen molar-refractivity contribution in [2.24, 2.45) is 5.73 Å². The van der Waals surface area contributed by atoms with Crippen LogP contribution in [0, 0.1) is 12.7 Å². The molecule has 1 fully saturated rings. The Kier molecular flexibility index (Phi) is 4.42. The molecule has 0 bridgehead atoms. The zero-order valence-corrected chi connectivity index (χ0v) is 11.9. The maximum absolute atomic E-state index is 13.6. The number of benzene rings is 1. The Bertz CT molecular complexity index is 444. The van der Waals surface area contributed by atoms with Gasteiger partial charge >= 0.3 is 0 Å². The maximum Gasteiger partial charge on any atom is 0.126 e. The van der Waals surface area contributed by atoms with E-state index in [-0.39, 0.29) is 11.9 Å². The number of ether oxygens (including phenoxy) is 1. The minimum atomic E-state index is -0.230. The highest BCUT2D eigenvalue weighted by Gasteiger charge is 2.25. The van der Waals surface area contributed by atoms with E-state index in [4.69, 9.17) is 10.5 Å². The Labute approximate surface area is 114 Å². The molecule has 1 aliphatic carbocycles. The van der Waals surface area contributed by atoms with Crippen molar-refractivity contribution in [1.82, 2.24) is 4.90 Å². The summed E-state index contributed by atoms with van der Waals surface area (Å²) in [5, 5.41) is 0. The van der Waals surface area contributed by atoms with Crippen molar-refractivity contribution in [3.63, 3.8) is 0 Å². The van der Waals surface area contributed by atoms with Gasteiger partial charge in [-0.15, -0.1) is 0 Å². The first-order valence-corrected chi connectivity index (χ1v) is 6.87. The molecular formula is C15H23FN2O. The molecule has 1 saturated carbocycles. The zero-order valence-electron chi connectivity index (χ0n) is 11.9. The second-order valence-corrected chi connectivity index (χ2v) is 5.49. The Morgan fingerprint density at radius 3 is 2.74 bits per heavy atom. The van der Waals surface area contributed by atoms with E-state index in [9.17, 15) is 4.39 Å². The zero-order chi connectivity index (χ0) is 14.0. The molecule has 0 saturated heterocycles. The van der Waals surface area contributed by atoms with Gasteiger partial charge in [0.25, 0.3) is 0 Å². The van der Waals surface area contributed by atoms with E-state index in [1.54, 1.807) is 13.0 Å². The molecule has 0 radical (unpaired) electrons. The van der Waals surface area contributed by atoms with Gasteiger partial charge in [-0.05, 0) is 51.4 Å². The van der Waals surface area contributed by atoms with Crippen LogP contribution in [0.25, 0.3) is 0 Å². The average Bonchev–Trinajstić information content (AvgIpc) is 3.16. The predicted octanol–water partition coefficient (Wildman–Crippen LogP) is 2.63. The van der Waals surface area contributed by atoms with Gasteiger partial charge in [-0.2, -0.15) is 0 Å². The fourth-order valence-electron chi connectivity index (χ4n) is 2.15. The summed E-state index contributed by atoms with van der Waals surface area (Å²) in [5.74, 6) is 0.479. The van der Waals surface area contributed by atoms with Crippen molar-refractivity contribution in [3.8, 4) is 5.75 Å². The Morgan fingerprint density at radius 2 is 2.16 bits per heavy atom. The molecule has 1 aromatic rings. The fourth-order valence-corrected chi connectivity index (χ4v) is 2.15. The minimum Gasteiger partial charge on any atom is -0.492 e. The number of nitrogens with zero attached hydrogens (tertiary/aromatic N) is 1. The second kappa shape index (κ2) is 5.88. The maximum atomic E-state index is 13.6. The summed E-state index contributed by atoms with van der Waals surface area (Å²) < 4.78 is 19.4. The smallest absolute Gasteiger partial charge is 0.126 e. The first-order chi connectivity index (χ1) is 8.99. The van der Waals surface area contributed by atoms with Crippen LogP contribution in [0.4, 0.5) is 4.39 Å². The van der Waals surface area contributed by atoms with Crippen molar-refractivity contribution in [2.75, 3.05) is 20.2 Å². The monoisotopic (exact) mass is 266 g/mol. The number of hydrogen-bond acceptors (Lipinski definition) is 3. The third kappa shape index (κ3) is 3.67. The molecule has 19 heavy (non-hydrogen) atoms. The predicted molar refractivity (Wildman–Crippen MR) is 74.9 cm³/mol. The first kappa shape index (κ1) is 14.3. The van der Waals surface area contributed by atoms with Crippen molar-refractivity contribution >= 4 is 0 Å². The van der Waals surface area contributed by atoms with Crippen molar-refractivity contribution < 1.29 is 9.13 Å². The quantitative estimate of drug-likeness (QED) is 0.860. The summed E-state index contributed by atoms with van der Waals surface area (Å²) in [6.07, 6.45) is 2.58. The average molecular weight is 266 g/mol. The SMILES string of the molecule is Cc1cc(OCCN(C)C2CC2)c([C@H](C)N)cc1F. The molecule has 0 spiro atoms. The largest absolute Gasteiger partial charge is 0.492 e. The Hall–Kier alpha value is -1.13. The molecule has 0 heterocycles. The third-order valence-corrected chi connectivity index (χ3v) is 3.65. The number of halogens is 1. The minimum absolute atomic E-state index is 0.227. The molecule has 2 N–H and O–H groups in total. The molecule has 1 atom stereocenters. The molecule has 1 aromatic carbocycles. The molecule has 4 heteroatoms. The summed E-state index contributed by atoms with van der Waals surface area (Å²) in [6.45, 7) is 5.08. The number of nitrogens with two attached hydrogens (primary N) is 1. The number of aryl methyl sites for hydroxylation is 1. The normalized spacial score (nSPS) is 16.7. The van der Waals surface area contributed by atoms with Gasteiger partial charge in [0.1, 0.15) is 18.2 Å². The summed E-state index contributed by atoms with van der Waals surface area (Å²) in [7, 11) is 2.11. The molecule has 0 aliphatic heterocycles. The lowest BCUT2D eigenvalue weighted by Crippen LogP contribution is -2.26.